The monoisotopic (exact) mass is 684 g/mol. The summed E-state index contributed by atoms with van der Waals surface area (Å²) in [5, 5.41) is 13.8. The number of benzene rings is 4. The number of fused-ring (bicyclic) bond motifs is 1. The summed E-state index contributed by atoms with van der Waals surface area (Å²) < 4.78 is 37.4. The lowest BCUT2D eigenvalue weighted by atomic mass is 10.1. The summed E-state index contributed by atoms with van der Waals surface area (Å²) >= 11 is 13.5. The van der Waals surface area contributed by atoms with Crippen molar-refractivity contribution in [2.24, 2.45) is 0 Å². The standard InChI is InChI=1S/C32H26Cl2N2O7S2/c33-22-11-15-25(16-12-22)45(40,41)17-3-4-20-9-13-23(14-10-20)43-31(32(38)39)36-30(37)21-5-1-6-24(18-21)42-19-28-35-29-26(34)7-2-8-27(29)44-28/h1-2,5-16,18,31H,3-4,17,19H2,(H,36,37)(H,38,39). The molecule has 0 radical (unpaired) electrons. The van der Waals surface area contributed by atoms with E-state index < -0.39 is 27.9 Å². The SMILES string of the molecule is O=C(NC(Oc1ccc(CCCS(=O)(=O)c2ccc(Cl)cc2)cc1)C(=O)O)c1cccc(OCc2nc3c(Cl)cccc3s2)c1. The van der Waals surface area contributed by atoms with Gasteiger partial charge in [-0.25, -0.2) is 18.2 Å². The van der Waals surface area contributed by atoms with Crippen LogP contribution in [0, 0.1) is 0 Å². The van der Waals surface area contributed by atoms with Gasteiger partial charge < -0.3 is 19.9 Å². The number of carboxylic acid groups (broad SMARTS) is 1. The number of hydrogen-bond acceptors (Lipinski definition) is 8. The van der Waals surface area contributed by atoms with E-state index in [-0.39, 0.29) is 28.6 Å². The van der Waals surface area contributed by atoms with Gasteiger partial charge in [-0.05, 0) is 85.1 Å². The first-order valence-electron chi connectivity index (χ1n) is 13.6. The Bertz CT molecular complexity index is 1930. The summed E-state index contributed by atoms with van der Waals surface area (Å²) in [6.45, 7) is 0.162. The van der Waals surface area contributed by atoms with Crippen LogP contribution in [0.1, 0.15) is 27.3 Å². The maximum absolute atomic E-state index is 12.9. The Morgan fingerprint density at radius 1 is 0.933 bits per heavy atom. The van der Waals surface area contributed by atoms with E-state index in [0.717, 1.165) is 10.3 Å². The Kier molecular flexibility index (Phi) is 10.2. The molecule has 4 aromatic carbocycles. The van der Waals surface area contributed by atoms with E-state index in [9.17, 15) is 23.1 Å². The number of para-hydroxylation sites is 1. The third-order valence-electron chi connectivity index (χ3n) is 6.59. The Morgan fingerprint density at radius 2 is 1.67 bits per heavy atom. The third kappa shape index (κ3) is 8.52. The molecule has 1 amide bonds. The number of nitrogens with one attached hydrogen (secondary N) is 1. The fourth-order valence-corrected chi connectivity index (χ4v) is 6.95. The molecule has 45 heavy (non-hydrogen) atoms. The van der Waals surface area contributed by atoms with Gasteiger partial charge in [-0.15, -0.1) is 11.3 Å². The van der Waals surface area contributed by atoms with E-state index in [2.05, 4.69) is 10.3 Å². The maximum Gasteiger partial charge on any atom is 0.366 e. The summed E-state index contributed by atoms with van der Waals surface area (Å²) in [5.41, 5.74) is 1.72. The Labute approximate surface area is 273 Å². The molecule has 1 aromatic heterocycles. The van der Waals surface area contributed by atoms with Crippen LogP contribution in [0.2, 0.25) is 10.0 Å². The number of aromatic nitrogens is 1. The molecule has 0 bridgehead atoms. The zero-order valence-corrected chi connectivity index (χ0v) is 26.6. The van der Waals surface area contributed by atoms with Gasteiger partial charge in [0.25, 0.3) is 12.1 Å². The molecule has 0 saturated carbocycles. The van der Waals surface area contributed by atoms with Gasteiger partial charge in [0.1, 0.15) is 28.6 Å². The lowest BCUT2D eigenvalue weighted by Crippen LogP contribution is -2.44. The number of carbonyl (C=O) groups is 2. The van der Waals surface area contributed by atoms with Crippen molar-refractivity contribution in [1.29, 1.82) is 0 Å². The van der Waals surface area contributed by atoms with Crippen molar-refractivity contribution in [3.63, 3.8) is 0 Å². The van der Waals surface area contributed by atoms with Crippen molar-refractivity contribution < 1.29 is 32.6 Å². The minimum absolute atomic E-state index is 0.0386. The van der Waals surface area contributed by atoms with Gasteiger partial charge in [-0.1, -0.05) is 47.5 Å². The van der Waals surface area contributed by atoms with Crippen LogP contribution in [0.5, 0.6) is 11.5 Å². The zero-order valence-electron chi connectivity index (χ0n) is 23.5. The molecular weight excluding hydrogens is 659 g/mol. The molecule has 1 atom stereocenters. The molecule has 0 aliphatic carbocycles. The number of aliphatic carboxylic acids is 1. The average Bonchev–Trinajstić information content (AvgIpc) is 3.45. The minimum atomic E-state index is -3.44. The molecule has 0 fully saturated rings. The van der Waals surface area contributed by atoms with Crippen molar-refractivity contribution in [2.45, 2.75) is 30.6 Å². The number of sulfone groups is 1. The second kappa shape index (κ2) is 14.3. The van der Waals surface area contributed by atoms with E-state index in [1.165, 1.54) is 47.7 Å². The second-order valence-electron chi connectivity index (χ2n) is 9.84. The summed E-state index contributed by atoms with van der Waals surface area (Å²) in [4.78, 5) is 29.5. The van der Waals surface area contributed by atoms with Crippen molar-refractivity contribution >= 4 is 66.5 Å². The van der Waals surface area contributed by atoms with Crippen molar-refractivity contribution in [1.82, 2.24) is 10.3 Å². The van der Waals surface area contributed by atoms with Crippen LogP contribution in [0.25, 0.3) is 10.2 Å². The molecule has 0 spiro atoms. The quantitative estimate of drug-likeness (QED) is 0.129. The maximum atomic E-state index is 12.9. The summed E-state index contributed by atoms with van der Waals surface area (Å²) in [5.74, 6) is -1.48. The molecule has 0 aliphatic rings. The first-order chi connectivity index (χ1) is 21.6. The number of halogens is 2. The topological polar surface area (TPSA) is 132 Å². The lowest BCUT2D eigenvalue weighted by Gasteiger charge is -2.17. The van der Waals surface area contributed by atoms with E-state index in [4.69, 9.17) is 32.7 Å². The molecule has 2 N–H and O–H groups in total. The Hall–Kier alpha value is -4.16. The van der Waals surface area contributed by atoms with Crippen molar-refractivity contribution in [3.8, 4) is 11.5 Å². The molecule has 0 aliphatic heterocycles. The average molecular weight is 686 g/mol. The predicted octanol–water partition coefficient (Wildman–Crippen LogP) is 6.81. The smallest absolute Gasteiger partial charge is 0.366 e. The Balaban J connectivity index is 1.14. The number of nitrogens with zero attached hydrogens (tertiary/aromatic N) is 1. The van der Waals surface area contributed by atoms with Gasteiger partial charge in [-0.2, -0.15) is 0 Å². The van der Waals surface area contributed by atoms with E-state index in [0.29, 0.717) is 39.2 Å². The highest BCUT2D eigenvalue weighted by Gasteiger charge is 2.23. The highest BCUT2D eigenvalue weighted by atomic mass is 35.5. The van der Waals surface area contributed by atoms with Crippen LogP contribution in [-0.2, 0) is 27.7 Å². The van der Waals surface area contributed by atoms with Gasteiger partial charge in [0.15, 0.2) is 9.84 Å². The number of ether oxygens (including phenoxy) is 2. The molecule has 1 heterocycles. The highest BCUT2D eigenvalue weighted by molar-refractivity contribution is 7.91. The number of thiazole rings is 1. The van der Waals surface area contributed by atoms with Crippen molar-refractivity contribution in [3.05, 3.63) is 117 Å². The van der Waals surface area contributed by atoms with Crippen LogP contribution < -0.4 is 14.8 Å². The van der Waals surface area contributed by atoms with Gasteiger partial charge in [-0.3, -0.25) is 4.79 Å². The lowest BCUT2D eigenvalue weighted by molar-refractivity contribution is -0.146. The zero-order chi connectivity index (χ0) is 32.0. The van der Waals surface area contributed by atoms with Gasteiger partial charge >= 0.3 is 5.97 Å². The van der Waals surface area contributed by atoms with Crippen LogP contribution in [0.15, 0.2) is 95.9 Å². The third-order valence-corrected chi connectivity index (χ3v) is 9.96. The summed E-state index contributed by atoms with van der Waals surface area (Å²) in [6, 6.07) is 24.4. The first-order valence-corrected chi connectivity index (χ1v) is 16.8. The van der Waals surface area contributed by atoms with Crippen LogP contribution >= 0.6 is 34.5 Å². The number of rotatable bonds is 13. The van der Waals surface area contributed by atoms with Crippen LogP contribution in [0.4, 0.5) is 0 Å². The molecular formula is C32H26Cl2N2O7S2. The molecule has 13 heteroatoms. The fraction of sp³-hybridized carbons (Fsp3) is 0.156. The van der Waals surface area contributed by atoms with Gasteiger partial charge in [0.2, 0.25) is 0 Å². The molecule has 5 rings (SSSR count). The number of amides is 1. The predicted molar refractivity (Wildman–Crippen MR) is 173 cm³/mol. The number of carboxylic acids is 1. The van der Waals surface area contributed by atoms with E-state index >= 15 is 0 Å². The molecule has 5 aromatic rings. The van der Waals surface area contributed by atoms with E-state index in [1.54, 1.807) is 42.5 Å². The van der Waals surface area contributed by atoms with Gasteiger partial charge in [0, 0.05) is 10.6 Å². The number of aryl methyl sites for hydroxylation is 1. The fourth-order valence-electron chi connectivity index (χ4n) is 4.34. The van der Waals surface area contributed by atoms with Crippen LogP contribution in [0.3, 0.4) is 0 Å². The molecule has 0 saturated heterocycles. The second-order valence-corrected chi connectivity index (χ2v) is 13.9. The number of carbonyl (C=O) groups excluding carboxylic acids is 1. The molecule has 232 valence electrons. The first kappa shape index (κ1) is 32.2. The summed E-state index contributed by atoms with van der Waals surface area (Å²) in [7, 11) is -3.44. The minimum Gasteiger partial charge on any atom is -0.486 e. The molecule has 9 nitrogen and oxygen atoms in total. The van der Waals surface area contributed by atoms with E-state index in [1.807, 2.05) is 12.1 Å². The van der Waals surface area contributed by atoms with Crippen LogP contribution in [-0.4, -0.2) is 42.4 Å². The largest absolute Gasteiger partial charge is 0.486 e. The normalized spacial score (nSPS) is 12.0. The molecule has 1 unspecified atom stereocenters. The number of hydrogen-bond donors (Lipinski definition) is 2. The summed E-state index contributed by atoms with van der Waals surface area (Å²) in [6.07, 6.45) is -0.793. The Morgan fingerprint density at radius 3 is 2.38 bits per heavy atom. The van der Waals surface area contributed by atoms with Gasteiger partial charge in [0.05, 0.1) is 20.4 Å². The van der Waals surface area contributed by atoms with Crippen molar-refractivity contribution in [2.75, 3.05) is 5.75 Å². The highest BCUT2D eigenvalue weighted by Crippen LogP contribution is 2.29.